The molecule has 0 saturated carbocycles. The fraction of sp³-hybridized carbons (Fsp3) is 0.379. The first kappa shape index (κ1) is 26.3. The summed E-state index contributed by atoms with van der Waals surface area (Å²) in [5.41, 5.74) is 1.56. The predicted octanol–water partition coefficient (Wildman–Crippen LogP) is 3.24. The molecular formula is C29H32FN3O4. The van der Waals surface area contributed by atoms with E-state index in [1.54, 1.807) is 12.1 Å². The molecule has 0 radical (unpaired) electrons. The zero-order chi connectivity index (χ0) is 26.4. The second-order valence-corrected chi connectivity index (χ2v) is 9.48. The SMILES string of the molecule is CCNC(=O)C(Cc1ccccc1)N(Cc1ccc(F)cc1)C(=O)CCN1C(=O)[C@H]2CC=CC[C@H]2C1=O. The summed E-state index contributed by atoms with van der Waals surface area (Å²) in [6, 6.07) is 14.4. The highest BCUT2D eigenvalue weighted by molar-refractivity contribution is 6.05. The summed E-state index contributed by atoms with van der Waals surface area (Å²) in [6.45, 7) is 2.26. The lowest BCUT2D eigenvalue weighted by molar-refractivity contribution is -0.144. The molecule has 2 aromatic rings. The van der Waals surface area contributed by atoms with Gasteiger partial charge in [0, 0.05) is 32.5 Å². The highest BCUT2D eigenvalue weighted by atomic mass is 19.1. The summed E-state index contributed by atoms with van der Waals surface area (Å²) >= 11 is 0. The molecule has 37 heavy (non-hydrogen) atoms. The summed E-state index contributed by atoms with van der Waals surface area (Å²) in [4.78, 5) is 55.3. The number of halogens is 1. The number of nitrogens with zero attached hydrogens (tertiary/aromatic N) is 2. The number of benzene rings is 2. The predicted molar refractivity (Wildman–Crippen MR) is 136 cm³/mol. The summed E-state index contributed by atoms with van der Waals surface area (Å²) in [7, 11) is 0. The minimum absolute atomic E-state index is 0.0309. The van der Waals surface area contributed by atoms with Gasteiger partial charge in [-0.1, -0.05) is 54.6 Å². The van der Waals surface area contributed by atoms with Crippen molar-refractivity contribution in [3.8, 4) is 0 Å². The molecule has 4 amide bonds. The molecule has 2 aromatic carbocycles. The number of nitrogens with one attached hydrogen (secondary N) is 1. The van der Waals surface area contributed by atoms with Gasteiger partial charge in [0.25, 0.3) is 0 Å². The molecule has 1 fully saturated rings. The number of fused-ring (bicyclic) bond motifs is 1. The van der Waals surface area contributed by atoms with Gasteiger partial charge in [-0.15, -0.1) is 0 Å². The lowest BCUT2D eigenvalue weighted by atomic mass is 9.85. The maximum atomic E-state index is 13.6. The smallest absolute Gasteiger partial charge is 0.243 e. The molecule has 8 heteroatoms. The summed E-state index contributed by atoms with van der Waals surface area (Å²) in [6.07, 6.45) is 5.10. The zero-order valence-electron chi connectivity index (χ0n) is 20.9. The molecule has 3 atom stereocenters. The first-order chi connectivity index (χ1) is 17.9. The third-order valence-electron chi connectivity index (χ3n) is 7.04. The molecule has 2 aliphatic rings. The summed E-state index contributed by atoms with van der Waals surface area (Å²) in [5.74, 6) is -2.23. The molecule has 1 aliphatic heterocycles. The van der Waals surface area contributed by atoms with Gasteiger partial charge >= 0.3 is 0 Å². The quantitative estimate of drug-likeness (QED) is 0.397. The van der Waals surface area contributed by atoms with E-state index in [-0.39, 0.29) is 61.4 Å². The van der Waals surface area contributed by atoms with Gasteiger partial charge in [-0.3, -0.25) is 24.1 Å². The van der Waals surface area contributed by atoms with Crippen LogP contribution in [0.4, 0.5) is 4.39 Å². The van der Waals surface area contributed by atoms with E-state index in [2.05, 4.69) is 5.32 Å². The Kier molecular flexibility index (Phi) is 8.48. The van der Waals surface area contributed by atoms with Crippen molar-refractivity contribution in [3.63, 3.8) is 0 Å². The zero-order valence-corrected chi connectivity index (χ0v) is 20.9. The monoisotopic (exact) mass is 505 g/mol. The van der Waals surface area contributed by atoms with Crippen molar-refractivity contribution in [3.05, 3.63) is 83.7 Å². The number of imide groups is 1. The van der Waals surface area contributed by atoms with E-state index < -0.39 is 11.9 Å². The van der Waals surface area contributed by atoms with Crippen molar-refractivity contribution >= 4 is 23.6 Å². The van der Waals surface area contributed by atoms with Crippen molar-refractivity contribution in [2.45, 2.75) is 45.2 Å². The molecular weight excluding hydrogens is 473 g/mol. The molecule has 0 aromatic heterocycles. The molecule has 0 spiro atoms. The van der Waals surface area contributed by atoms with Gasteiger partial charge in [0.1, 0.15) is 11.9 Å². The first-order valence-electron chi connectivity index (χ1n) is 12.7. The molecule has 1 N–H and O–H groups in total. The van der Waals surface area contributed by atoms with Crippen LogP contribution in [0.2, 0.25) is 0 Å². The van der Waals surface area contributed by atoms with Gasteiger partial charge in [0.15, 0.2) is 0 Å². The highest BCUT2D eigenvalue weighted by Crippen LogP contribution is 2.35. The van der Waals surface area contributed by atoms with Crippen molar-refractivity contribution in [2.75, 3.05) is 13.1 Å². The Morgan fingerprint density at radius 3 is 2.19 bits per heavy atom. The number of hydrogen-bond acceptors (Lipinski definition) is 4. The standard InChI is InChI=1S/C29H32FN3O4/c1-2-31-27(35)25(18-20-8-4-3-5-9-20)33(19-21-12-14-22(30)15-13-21)26(34)16-17-32-28(36)23-10-6-7-11-24(23)29(32)37/h3-9,12-15,23-25H,2,10-11,16-19H2,1H3,(H,31,35)/t23-,24+,25?. The number of hydrogen-bond donors (Lipinski definition) is 1. The lowest BCUT2D eigenvalue weighted by Crippen LogP contribution is -2.51. The van der Waals surface area contributed by atoms with E-state index in [0.717, 1.165) is 5.56 Å². The second kappa shape index (κ2) is 12.0. The van der Waals surface area contributed by atoms with Gasteiger partial charge in [0.05, 0.1) is 11.8 Å². The van der Waals surface area contributed by atoms with Gasteiger partial charge in [-0.25, -0.2) is 4.39 Å². The third kappa shape index (κ3) is 6.13. The van der Waals surface area contributed by atoms with Crippen LogP contribution in [0.1, 0.15) is 37.3 Å². The number of rotatable bonds is 10. The van der Waals surface area contributed by atoms with E-state index in [1.807, 2.05) is 49.4 Å². The van der Waals surface area contributed by atoms with Gasteiger partial charge < -0.3 is 10.2 Å². The molecule has 1 heterocycles. The molecule has 7 nitrogen and oxygen atoms in total. The molecule has 1 unspecified atom stereocenters. The Bertz CT molecular complexity index is 1140. The van der Waals surface area contributed by atoms with Crippen LogP contribution >= 0.6 is 0 Å². The Hall–Kier alpha value is -3.81. The lowest BCUT2D eigenvalue weighted by Gasteiger charge is -2.32. The van der Waals surface area contributed by atoms with Crippen molar-refractivity contribution in [1.29, 1.82) is 0 Å². The third-order valence-corrected chi connectivity index (χ3v) is 7.04. The number of likely N-dealkylation sites (tertiary alicyclic amines) is 1. The summed E-state index contributed by atoms with van der Waals surface area (Å²) < 4.78 is 13.5. The van der Waals surface area contributed by atoms with E-state index >= 15 is 0 Å². The number of carbonyl (C=O) groups is 4. The molecule has 0 bridgehead atoms. The number of likely N-dealkylation sites (N-methyl/N-ethyl adjacent to an activating group) is 1. The van der Waals surface area contributed by atoms with E-state index in [9.17, 15) is 23.6 Å². The minimum Gasteiger partial charge on any atom is -0.355 e. The van der Waals surface area contributed by atoms with Gasteiger partial charge in [0.2, 0.25) is 23.6 Å². The molecule has 194 valence electrons. The van der Waals surface area contributed by atoms with Crippen molar-refractivity contribution in [1.82, 2.24) is 15.1 Å². The Balaban J connectivity index is 1.56. The number of amides is 4. The van der Waals surface area contributed by atoms with Crippen LogP contribution in [0.5, 0.6) is 0 Å². The normalized spacial score (nSPS) is 19.5. The maximum Gasteiger partial charge on any atom is 0.243 e. The first-order valence-corrected chi connectivity index (χ1v) is 12.7. The highest BCUT2D eigenvalue weighted by Gasteiger charge is 2.47. The van der Waals surface area contributed by atoms with Crippen LogP contribution < -0.4 is 5.32 Å². The Morgan fingerprint density at radius 2 is 1.59 bits per heavy atom. The van der Waals surface area contributed by atoms with Crippen LogP contribution in [0.15, 0.2) is 66.7 Å². The van der Waals surface area contributed by atoms with Crippen LogP contribution in [0, 0.1) is 17.7 Å². The Morgan fingerprint density at radius 1 is 0.973 bits per heavy atom. The topological polar surface area (TPSA) is 86.8 Å². The minimum atomic E-state index is -0.823. The molecule has 4 rings (SSSR count). The van der Waals surface area contributed by atoms with Gasteiger partial charge in [-0.05, 0) is 43.0 Å². The number of allylic oxidation sites excluding steroid dienone is 2. The largest absolute Gasteiger partial charge is 0.355 e. The number of carbonyl (C=O) groups excluding carboxylic acids is 4. The second-order valence-electron chi connectivity index (χ2n) is 9.48. The average molecular weight is 506 g/mol. The van der Waals surface area contributed by atoms with Crippen molar-refractivity contribution in [2.24, 2.45) is 11.8 Å². The summed E-state index contributed by atoms with van der Waals surface area (Å²) in [5, 5.41) is 2.82. The van der Waals surface area contributed by atoms with Crippen LogP contribution in [-0.2, 0) is 32.1 Å². The van der Waals surface area contributed by atoms with E-state index in [0.29, 0.717) is 24.9 Å². The Labute approximate surface area is 216 Å². The fourth-order valence-corrected chi connectivity index (χ4v) is 5.07. The van der Waals surface area contributed by atoms with E-state index in [1.165, 1.54) is 21.9 Å². The van der Waals surface area contributed by atoms with Crippen LogP contribution in [0.25, 0.3) is 0 Å². The van der Waals surface area contributed by atoms with E-state index in [4.69, 9.17) is 0 Å². The maximum absolute atomic E-state index is 13.6. The fourth-order valence-electron chi connectivity index (χ4n) is 5.07. The molecule has 1 aliphatic carbocycles. The average Bonchev–Trinajstić information content (AvgIpc) is 3.15. The van der Waals surface area contributed by atoms with Crippen molar-refractivity contribution < 1.29 is 23.6 Å². The van der Waals surface area contributed by atoms with Crippen LogP contribution in [0.3, 0.4) is 0 Å². The van der Waals surface area contributed by atoms with Gasteiger partial charge in [-0.2, -0.15) is 0 Å². The van der Waals surface area contributed by atoms with Crippen LogP contribution in [-0.4, -0.2) is 52.6 Å². The molecule has 1 saturated heterocycles.